The summed E-state index contributed by atoms with van der Waals surface area (Å²) in [5.41, 5.74) is 0. The van der Waals surface area contributed by atoms with Gasteiger partial charge >= 0.3 is 5.97 Å². The number of aliphatic hydroxyl groups excluding tert-OH is 2. The van der Waals surface area contributed by atoms with Gasteiger partial charge in [-0.1, -0.05) is 248 Å². The first-order valence-corrected chi connectivity index (χ1v) is 28.0. The molecule has 6 nitrogen and oxygen atoms in total. The fourth-order valence-electron chi connectivity index (χ4n) is 8.38. The van der Waals surface area contributed by atoms with Gasteiger partial charge < -0.3 is 20.3 Å². The molecule has 1 amide bonds. The minimum absolute atomic E-state index is 0.0388. The second-order valence-electron chi connectivity index (χ2n) is 19.0. The lowest BCUT2D eigenvalue weighted by atomic mass is 10.0. The Morgan fingerprint density at radius 3 is 1.38 bits per heavy atom. The van der Waals surface area contributed by atoms with E-state index in [1.54, 1.807) is 0 Å². The third-order valence-electron chi connectivity index (χ3n) is 12.6. The SMILES string of the molecule is CC/C=C/C/C=C/C/C=C/CCCCCCCCC(=O)OC(CCC/C=C/C=C/CCCCCCCCC)CC(=O)NC(CO)C(O)CCCCCCCCCCCCCCCCCC. The molecule has 3 atom stereocenters. The van der Waals surface area contributed by atoms with E-state index in [0.29, 0.717) is 19.3 Å². The lowest BCUT2D eigenvalue weighted by Crippen LogP contribution is -2.46. The van der Waals surface area contributed by atoms with Gasteiger partial charge in [-0.05, 0) is 77.0 Å². The van der Waals surface area contributed by atoms with E-state index in [4.69, 9.17) is 4.74 Å². The molecule has 0 aromatic rings. The van der Waals surface area contributed by atoms with Crippen molar-refractivity contribution in [2.45, 2.75) is 296 Å². The molecule has 0 fully saturated rings. The van der Waals surface area contributed by atoms with Crippen molar-refractivity contribution >= 4 is 11.9 Å². The number of rotatable bonds is 50. The molecule has 0 aromatic heterocycles. The average molecular weight is 911 g/mol. The number of hydrogen-bond acceptors (Lipinski definition) is 5. The number of carbonyl (C=O) groups is 2. The Morgan fingerprint density at radius 1 is 0.477 bits per heavy atom. The molecule has 378 valence electrons. The smallest absolute Gasteiger partial charge is 0.306 e. The van der Waals surface area contributed by atoms with Crippen LogP contribution < -0.4 is 5.32 Å². The highest BCUT2D eigenvalue weighted by Gasteiger charge is 2.24. The normalized spacial score (nSPS) is 13.6. The summed E-state index contributed by atoms with van der Waals surface area (Å²) in [6.07, 6.45) is 65.7. The molecule has 0 aliphatic heterocycles. The maximum absolute atomic E-state index is 13.2. The largest absolute Gasteiger partial charge is 0.462 e. The van der Waals surface area contributed by atoms with E-state index >= 15 is 0 Å². The summed E-state index contributed by atoms with van der Waals surface area (Å²) in [7, 11) is 0. The van der Waals surface area contributed by atoms with Gasteiger partial charge in [-0.2, -0.15) is 0 Å². The van der Waals surface area contributed by atoms with E-state index in [0.717, 1.165) is 83.5 Å². The molecule has 0 rings (SSSR count). The van der Waals surface area contributed by atoms with Gasteiger partial charge in [0.15, 0.2) is 0 Å². The van der Waals surface area contributed by atoms with Crippen LogP contribution in [-0.4, -0.2) is 46.9 Å². The molecule has 3 unspecified atom stereocenters. The van der Waals surface area contributed by atoms with Crippen LogP contribution in [0.4, 0.5) is 0 Å². The first-order valence-electron chi connectivity index (χ1n) is 28.0. The van der Waals surface area contributed by atoms with Crippen molar-refractivity contribution in [2.24, 2.45) is 0 Å². The third-order valence-corrected chi connectivity index (χ3v) is 12.6. The molecule has 0 aliphatic rings. The van der Waals surface area contributed by atoms with Crippen molar-refractivity contribution in [1.82, 2.24) is 5.32 Å². The van der Waals surface area contributed by atoms with E-state index in [1.165, 1.54) is 148 Å². The second kappa shape index (κ2) is 52.5. The fourth-order valence-corrected chi connectivity index (χ4v) is 8.38. The number of amides is 1. The average Bonchev–Trinajstić information content (AvgIpc) is 3.30. The van der Waals surface area contributed by atoms with Gasteiger partial charge in [0, 0.05) is 6.42 Å². The summed E-state index contributed by atoms with van der Waals surface area (Å²) in [6.45, 7) is 6.37. The van der Waals surface area contributed by atoms with Crippen LogP contribution in [0, 0.1) is 0 Å². The van der Waals surface area contributed by atoms with Gasteiger partial charge in [-0.25, -0.2) is 0 Å². The van der Waals surface area contributed by atoms with Crippen molar-refractivity contribution in [2.75, 3.05) is 6.61 Å². The fraction of sp³-hybridized carbons (Fsp3) is 0.797. The zero-order chi connectivity index (χ0) is 47.4. The molecule has 0 saturated heterocycles. The van der Waals surface area contributed by atoms with Crippen LogP contribution in [0.3, 0.4) is 0 Å². The van der Waals surface area contributed by atoms with Crippen LogP contribution in [0.25, 0.3) is 0 Å². The van der Waals surface area contributed by atoms with Gasteiger partial charge in [0.25, 0.3) is 0 Å². The van der Waals surface area contributed by atoms with E-state index in [-0.39, 0.29) is 24.9 Å². The van der Waals surface area contributed by atoms with E-state index in [1.807, 2.05) is 0 Å². The molecular formula is C59H107NO5. The predicted octanol–water partition coefficient (Wildman–Crippen LogP) is 17.2. The van der Waals surface area contributed by atoms with Crippen molar-refractivity contribution in [3.8, 4) is 0 Å². The number of aliphatic hydroxyl groups is 2. The molecule has 0 radical (unpaired) electrons. The van der Waals surface area contributed by atoms with Crippen molar-refractivity contribution in [3.63, 3.8) is 0 Å². The zero-order valence-electron chi connectivity index (χ0n) is 43.1. The number of allylic oxidation sites excluding steroid dienone is 10. The summed E-state index contributed by atoms with van der Waals surface area (Å²) in [6, 6.07) is -0.720. The van der Waals surface area contributed by atoms with Gasteiger partial charge in [0.2, 0.25) is 5.91 Å². The Labute approximate surface area is 403 Å². The molecule has 0 aliphatic carbocycles. The van der Waals surface area contributed by atoms with Crippen LogP contribution in [0.15, 0.2) is 60.8 Å². The maximum Gasteiger partial charge on any atom is 0.306 e. The first-order chi connectivity index (χ1) is 32.0. The van der Waals surface area contributed by atoms with Gasteiger partial charge in [0.05, 0.1) is 25.2 Å². The maximum atomic E-state index is 13.2. The molecule has 0 bridgehead atoms. The van der Waals surface area contributed by atoms with Crippen LogP contribution in [0.1, 0.15) is 278 Å². The van der Waals surface area contributed by atoms with Crippen molar-refractivity contribution in [1.29, 1.82) is 0 Å². The zero-order valence-corrected chi connectivity index (χ0v) is 43.1. The Bertz CT molecular complexity index is 1160. The molecule has 0 heterocycles. The summed E-state index contributed by atoms with van der Waals surface area (Å²) in [4.78, 5) is 26.2. The minimum atomic E-state index is -0.803. The lowest BCUT2D eigenvalue weighted by Gasteiger charge is -2.24. The highest BCUT2D eigenvalue weighted by Crippen LogP contribution is 2.17. The second-order valence-corrected chi connectivity index (χ2v) is 19.0. The van der Waals surface area contributed by atoms with Gasteiger partial charge in [0.1, 0.15) is 6.10 Å². The molecule has 0 saturated carbocycles. The Hall–Kier alpha value is -2.44. The highest BCUT2D eigenvalue weighted by molar-refractivity contribution is 5.77. The molecule has 65 heavy (non-hydrogen) atoms. The predicted molar refractivity (Wildman–Crippen MR) is 282 cm³/mol. The molecule has 3 N–H and O–H groups in total. The number of unbranched alkanes of at least 4 members (excludes halogenated alkanes) is 29. The highest BCUT2D eigenvalue weighted by atomic mass is 16.5. The number of nitrogens with one attached hydrogen (secondary N) is 1. The van der Waals surface area contributed by atoms with Crippen LogP contribution in [0.2, 0.25) is 0 Å². The number of ether oxygens (including phenoxy) is 1. The number of esters is 1. The third kappa shape index (κ3) is 47.8. The standard InChI is InChI=1S/C59H107NO5/c1-4-7-10-13-16-19-22-25-28-30-33-36-39-42-45-48-51-57(62)56(54-61)60-58(63)53-55(50-47-44-41-38-35-32-27-24-21-18-15-12-9-6-3)65-59(64)52-49-46-43-40-37-34-31-29-26-23-20-17-14-11-8-5-2/h8,11,17,20,26,29,32,35,38,41,55-57,61-62H,4-7,9-10,12-16,18-19,21-25,27-28,30-31,33-34,36-37,39-40,42-54H2,1-3H3,(H,60,63)/b11-8+,20-17+,29-26+,35-32+,41-38+. The first kappa shape index (κ1) is 62.6. The topological polar surface area (TPSA) is 95.9 Å². The quantitative estimate of drug-likeness (QED) is 0.0245. The Balaban J connectivity index is 4.61. The molecular weight excluding hydrogens is 803 g/mol. The van der Waals surface area contributed by atoms with Gasteiger partial charge in [-0.3, -0.25) is 9.59 Å². The van der Waals surface area contributed by atoms with Crippen LogP contribution in [0.5, 0.6) is 0 Å². The van der Waals surface area contributed by atoms with Gasteiger partial charge in [-0.15, -0.1) is 0 Å². The van der Waals surface area contributed by atoms with E-state index < -0.39 is 18.2 Å². The van der Waals surface area contributed by atoms with Crippen LogP contribution in [-0.2, 0) is 14.3 Å². The van der Waals surface area contributed by atoms with E-state index in [9.17, 15) is 19.8 Å². The molecule has 0 spiro atoms. The van der Waals surface area contributed by atoms with E-state index in [2.05, 4.69) is 86.8 Å². The number of hydrogen-bond donors (Lipinski definition) is 3. The van der Waals surface area contributed by atoms with Crippen molar-refractivity contribution in [3.05, 3.63) is 60.8 Å². The molecule has 6 heteroatoms. The van der Waals surface area contributed by atoms with Crippen molar-refractivity contribution < 1.29 is 24.5 Å². The molecule has 0 aromatic carbocycles. The minimum Gasteiger partial charge on any atom is -0.462 e. The summed E-state index contributed by atoms with van der Waals surface area (Å²) >= 11 is 0. The van der Waals surface area contributed by atoms with Crippen LogP contribution >= 0.6 is 0 Å². The Kier molecular flexibility index (Phi) is 50.6. The summed E-state index contributed by atoms with van der Waals surface area (Å²) in [5, 5.41) is 23.8. The Morgan fingerprint density at radius 2 is 0.892 bits per heavy atom. The summed E-state index contributed by atoms with van der Waals surface area (Å²) < 4.78 is 5.92. The lowest BCUT2D eigenvalue weighted by molar-refractivity contribution is -0.151. The number of carbonyl (C=O) groups excluding carboxylic acids is 2. The monoisotopic (exact) mass is 910 g/mol. The summed E-state index contributed by atoms with van der Waals surface area (Å²) in [5.74, 6) is -0.530.